The molecule has 0 aliphatic heterocycles. The van der Waals surface area contributed by atoms with E-state index in [-0.39, 0.29) is 18.7 Å². The van der Waals surface area contributed by atoms with Crippen LogP contribution in [0.3, 0.4) is 0 Å². The minimum Gasteiger partial charge on any atom is -0.324 e. The van der Waals surface area contributed by atoms with E-state index >= 15 is 0 Å². The molecule has 11 heavy (non-hydrogen) atoms. The second kappa shape index (κ2) is 3.80. The lowest BCUT2D eigenvalue weighted by molar-refractivity contribution is -0.117. The van der Waals surface area contributed by atoms with Crippen LogP contribution in [-0.4, -0.2) is 30.5 Å². The summed E-state index contributed by atoms with van der Waals surface area (Å²) in [6, 6.07) is 0. The quantitative estimate of drug-likeness (QED) is 0.552. The van der Waals surface area contributed by atoms with Crippen LogP contribution in [-0.2, 0) is 14.9 Å². The molecule has 1 atom stereocenters. The summed E-state index contributed by atoms with van der Waals surface area (Å²) in [4.78, 5) is 10.6. The van der Waals surface area contributed by atoms with Gasteiger partial charge in [-0.3, -0.25) is 9.35 Å². The fraction of sp³-hybridized carbons (Fsp3) is 0.800. The molecule has 0 rings (SSSR count). The van der Waals surface area contributed by atoms with Crippen LogP contribution in [0.25, 0.3) is 0 Å². The Balaban J connectivity index is 4.10. The maximum atomic E-state index is 10.6. The second-order valence-corrected chi connectivity index (χ2v) is 4.11. The summed E-state index contributed by atoms with van der Waals surface area (Å²) < 4.78 is 29.1. The van der Waals surface area contributed by atoms with E-state index in [0.717, 1.165) is 0 Å². The highest BCUT2D eigenvalue weighted by Gasteiger charge is 2.19. The van der Waals surface area contributed by atoms with Gasteiger partial charge >= 0.3 is 0 Å². The van der Waals surface area contributed by atoms with Crippen LogP contribution >= 0.6 is 0 Å². The Morgan fingerprint density at radius 1 is 1.64 bits per heavy atom. The average Bonchev–Trinajstić information content (AvgIpc) is 1.85. The predicted molar refractivity (Wildman–Crippen MR) is 39.7 cm³/mol. The van der Waals surface area contributed by atoms with Crippen molar-refractivity contribution in [1.82, 2.24) is 0 Å². The first-order chi connectivity index (χ1) is 4.88. The molecular weight excluding hydrogens is 170 g/mol. The summed E-state index contributed by atoms with van der Waals surface area (Å²) in [5, 5.41) is -1.06. The van der Waals surface area contributed by atoms with Crippen LogP contribution in [0.2, 0.25) is 0 Å². The first kappa shape index (κ1) is 10.5. The molecule has 0 aromatic carbocycles. The second-order valence-electron chi connectivity index (χ2n) is 2.27. The lowest BCUT2D eigenvalue weighted by atomic mass is 10.2. The Morgan fingerprint density at radius 2 is 2.09 bits per heavy atom. The molecule has 0 fully saturated rings. The number of ketones is 1. The molecular formula is C5H11NO4S. The van der Waals surface area contributed by atoms with Gasteiger partial charge in [0, 0.05) is 6.42 Å². The van der Waals surface area contributed by atoms with E-state index in [2.05, 4.69) is 0 Å². The van der Waals surface area contributed by atoms with Gasteiger partial charge in [-0.25, -0.2) is 0 Å². The summed E-state index contributed by atoms with van der Waals surface area (Å²) in [7, 11) is -4.08. The Bertz CT molecular complexity index is 233. The molecule has 6 heteroatoms. The lowest BCUT2D eigenvalue weighted by Crippen LogP contribution is -2.24. The van der Waals surface area contributed by atoms with Gasteiger partial charge in [0.15, 0.2) is 0 Å². The molecule has 3 N–H and O–H groups in total. The van der Waals surface area contributed by atoms with Gasteiger partial charge in [0.2, 0.25) is 0 Å². The number of carbonyl (C=O) groups is 1. The maximum Gasteiger partial charge on any atom is 0.267 e. The Labute approximate surface area is 65.3 Å². The molecule has 0 radical (unpaired) electrons. The zero-order chi connectivity index (χ0) is 9.07. The van der Waals surface area contributed by atoms with Crippen molar-refractivity contribution >= 4 is 15.9 Å². The molecule has 0 aliphatic rings. The predicted octanol–water partition coefficient (Wildman–Crippen LogP) is -0.819. The lowest BCUT2D eigenvalue weighted by Gasteiger charge is -2.04. The molecule has 0 aliphatic carbocycles. The van der Waals surface area contributed by atoms with Crippen molar-refractivity contribution in [3.05, 3.63) is 0 Å². The zero-order valence-corrected chi connectivity index (χ0v) is 6.97. The van der Waals surface area contributed by atoms with Gasteiger partial charge in [0.05, 0.1) is 11.8 Å². The fourth-order valence-electron chi connectivity index (χ4n) is 0.509. The number of hydrogen-bond donors (Lipinski definition) is 2. The summed E-state index contributed by atoms with van der Waals surface area (Å²) in [6.45, 7) is 1.06. The van der Waals surface area contributed by atoms with E-state index in [4.69, 9.17) is 10.3 Å². The SMILES string of the molecule is CC(CC(=O)CN)S(=O)(=O)O. The molecule has 0 amide bonds. The number of Topliss-reactive ketones (excluding diaryl/α,β-unsaturated/α-hetero) is 1. The number of hydrogen-bond acceptors (Lipinski definition) is 4. The fourth-order valence-corrected chi connectivity index (χ4v) is 0.906. The van der Waals surface area contributed by atoms with Crippen LogP contribution in [0.1, 0.15) is 13.3 Å². The van der Waals surface area contributed by atoms with Crippen molar-refractivity contribution < 1.29 is 17.8 Å². The maximum absolute atomic E-state index is 10.6. The minimum atomic E-state index is -4.08. The summed E-state index contributed by atoms with van der Waals surface area (Å²) >= 11 is 0. The van der Waals surface area contributed by atoms with Gasteiger partial charge in [-0.2, -0.15) is 8.42 Å². The van der Waals surface area contributed by atoms with Gasteiger partial charge in [-0.1, -0.05) is 0 Å². The average molecular weight is 181 g/mol. The number of rotatable bonds is 4. The van der Waals surface area contributed by atoms with Crippen molar-refractivity contribution in [2.24, 2.45) is 5.73 Å². The van der Waals surface area contributed by atoms with Crippen molar-refractivity contribution in [2.75, 3.05) is 6.54 Å². The molecule has 0 bridgehead atoms. The van der Waals surface area contributed by atoms with E-state index in [9.17, 15) is 13.2 Å². The molecule has 0 saturated heterocycles. The van der Waals surface area contributed by atoms with Crippen LogP contribution < -0.4 is 5.73 Å². The number of carbonyl (C=O) groups excluding carboxylic acids is 1. The highest BCUT2D eigenvalue weighted by Crippen LogP contribution is 2.02. The third-order valence-electron chi connectivity index (χ3n) is 1.25. The monoisotopic (exact) mass is 181 g/mol. The van der Waals surface area contributed by atoms with Gasteiger partial charge in [-0.05, 0) is 6.92 Å². The van der Waals surface area contributed by atoms with Gasteiger partial charge in [0.25, 0.3) is 10.1 Å². The van der Waals surface area contributed by atoms with E-state index < -0.39 is 15.4 Å². The van der Waals surface area contributed by atoms with Crippen LogP contribution in [0.4, 0.5) is 0 Å². The molecule has 0 aromatic heterocycles. The van der Waals surface area contributed by atoms with Crippen molar-refractivity contribution in [3.8, 4) is 0 Å². The third kappa shape index (κ3) is 4.07. The van der Waals surface area contributed by atoms with Crippen LogP contribution in [0, 0.1) is 0 Å². The Morgan fingerprint density at radius 3 is 2.36 bits per heavy atom. The van der Waals surface area contributed by atoms with Gasteiger partial charge in [0.1, 0.15) is 5.78 Å². The molecule has 0 saturated carbocycles. The van der Waals surface area contributed by atoms with E-state index in [1.165, 1.54) is 6.92 Å². The molecule has 66 valence electrons. The van der Waals surface area contributed by atoms with Gasteiger partial charge < -0.3 is 5.73 Å². The molecule has 0 spiro atoms. The Hall–Kier alpha value is -0.460. The van der Waals surface area contributed by atoms with E-state index in [0.29, 0.717) is 0 Å². The molecule has 0 aromatic rings. The highest BCUT2D eigenvalue weighted by atomic mass is 32.2. The summed E-state index contributed by atoms with van der Waals surface area (Å²) in [5.41, 5.74) is 4.94. The third-order valence-corrected chi connectivity index (χ3v) is 2.43. The first-order valence-corrected chi connectivity index (χ1v) is 4.56. The number of nitrogens with two attached hydrogens (primary N) is 1. The van der Waals surface area contributed by atoms with Crippen LogP contribution in [0.5, 0.6) is 0 Å². The first-order valence-electron chi connectivity index (χ1n) is 3.06. The van der Waals surface area contributed by atoms with Gasteiger partial charge in [-0.15, -0.1) is 0 Å². The smallest absolute Gasteiger partial charge is 0.267 e. The largest absolute Gasteiger partial charge is 0.324 e. The normalized spacial score (nSPS) is 14.5. The molecule has 5 nitrogen and oxygen atoms in total. The molecule has 1 unspecified atom stereocenters. The highest BCUT2D eigenvalue weighted by molar-refractivity contribution is 7.86. The van der Waals surface area contributed by atoms with Crippen LogP contribution in [0.15, 0.2) is 0 Å². The van der Waals surface area contributed by atoms with Crippen molar-refractivity contribution in [3.63, 3.8) is 0 Å². The zero-order valence-electron chi connectivity index (χ0n) is 6.15. The summed E-state index contributed by atoms with van der Waals surface area (Å²) in [6.07, 6.45) is -0.227. The van der Waals surface area contributed by atoms with E-state index in [1.54, 1.807) is 0 Å². The molecule has 0 heterocycles. The van der Waals surface area contributed by atoms with Crippen molar-refractivity contribution in [1.29, 1.82) is 0 Å². The minimum absolute atomic E-state index is 0.195. The standard InChI is InChI=1S/C5H11NO4S/c1-4(11(8,9)10)2-5(7)3-6/h4H,2-3,6H2,1H3,(H,8,9,10). The topological polar surface area (TPSA) is 97.5 Å². The van der Waals surface area contributed by atoms with Crippen molar-refractivity contribution in [2.45, 2.75) is 18.6 Å². The van der Waals surface area contributed by atoms with E-state index in [1.807, 2.05) is 0 Å². The summed E-state index contributed by atoms with van der Waals surface area (Å²) in [5.74, 6) is -0.380. The Kier molecular flexibility index (Phi) is 3.64.